The summed E-state index contributed by atoms with van der Waals surface area (Å²) >= 11 is 1.76. The molecule has 0 radical (unpaired) electrons. The monoisotopic (exact) mass is 232 g/mol. The van der Waals surface area contributed by atoms with Crippen molar-refractivity contribution >= 4 is 29.0 Å². The van der Waals surface area contributed by atoms with Crippen LogP contribution in [0.4, 0.5) is 5.00 Å². The van der Waals surface area contributed by atoms with Gasteiger partial charge < -0.3 is 4.90 Å². The van der Waals surface area contributed by atoms with Crippen molar-refractivity contribution in [3.8, 4) is 6.07 Å². The highest BCUT2D eigenvalue weighted by molar-refractivity contribution is 7.23. The molecule has 0 bridgehead atoms. The van der Waals surface area contributed by atoms with Crippen molar-refractivity contribution in [2.24, 2.45) is 5.92 Å². The normalized spacial score (nSPS) is 14.8. The van der Waals surface area contributed by atoms with Crippen molar-refractivity contribution in [3.63, 3.8) is 0 Å². The van der Waals surface area contributed by atoms with Crippen molar-refractivity contribution in [2.75, 3.05) is 18.0 Å². The molecule has 0 unspecified atom stereocenters. The fourth-order valence-corrected chi connectivity index (χ4v) is 2.91. The summed E-state index contributed by atoms with van der Waals surface area (Å²) < 4.78 is 1.15. The summed E-state index contributed by atoms with van der Waals surface area (Å²) in [5.74, 6) is 0.902. The maximum atomic E-state index is 8.98. The lowest BCUT2D eigenvalue weighted by atomic mass is 10.0. The van der Waals surface area contributed by atoms with Crippen molar-refractivity contribution in [1.29, 1.82) is 5.26 Å². The molecular weight excluding hydrogens is 215 g/mol. The Balaban J connectivity index is 2.13. The van der Waals surface area contributed by atoms with E-state index < -0.39 is 0 Å². The fraction of sp³-hybridized carbons (Fsp3) is 0.583. The van der Waals surface area contributed by atoms with E-state index in [4.69, 9.17) is 5.26 Å². The van der Waals surface area contributed by atoms with Crippen LogP contribution in [-0.2, 0) is 0 Å². The van der Waals surface area contributed by atoms with E-state index in [1.54, 1.807) is 11.3 Å². The number of nitriles is 1. The Bertz CT molecular complexity index is 404. The summed E-state index contributed by atoms with van der Waals surface area (Å²) in [7, 11) is 2.04. The lowest BCUT2D eigenvalue weighted by Crippen LogP contribution is -2.25. The molecule has 0 amide bonds. The molecule has 0 saturated heterocycles. The van der Waals surface area contributed by atoms with Crippen LogP contribution < -0.4 is 9.68 Å². The minimum absolute atomic E-state index is 0.844. The van der Waals surface area contributed by atoms with E-state index >= 15 is 0 Å². The number of thiophene rings is 1. The number of anilines is 1. The number of nitrogens with zero attached hydrogens (tertiary/aromatic N) is 2. The van der Waals surface area contributed by atoms with E-state index in [2.05, 4.69) is 24.0 Å². The third kappa shape index (κ3) is 2.59. The second kappa shape index (κ2) is 4.92. The minimum Gasteiger partial charge on any atom is -0.363 e. The van der Waals surface area contributed by atoms with E-state index in [0.29, 0.717) is 0 Å². The average molecular weight is 232 g/mol. The Morgan fingerprint density at radius 3 is 2.88 bits per heavy atom. The van der Waals surface area contributed by atoms with Crippen LogP contribution in [0.25, 0.3) is 0 Å². The number of hydrogen-bond donors (Lipinski definition) is 0. The topological polar surface area (TPSA) is 27.0 Å². The van der Waals surface area contributed by atoms with Gasteiger partial charge in [-0.2, -0.15) is 5.26 Å². The smallest absolute Gasteiger partial charge is 0.154 e. The standard InChI is InChI=1S/C12H17BN2S/c1-2-5-15(8-9-3-4-9)11-6-10(7-14)12(13)16-11/h6,9H,2-5,8,13H2,1H3. The maximum absolute atomic E-state index is 8.98. The van der Waals surface area contributed by atoms with Crippen LogP contribution in [0, 0.1) is 17.2 Å². The summed E-state index contributed by atoms with van der Waals surface area (Å²) in [6, 6.07) is 4.32. The molecule has 0 atom stereocenters. The lowest BCUT2D eigenvalue weighted by molar-refractivity contribution is 0.713. The molecule has 4 heteroatoms. The first-order valence-electron chi connectivity index (χ1n) is 6.00. The van der Waals surface area contributed by atoms with Gasteiger partial charge in [0.05, 0.1) is 16.6 Å². The fourth-order valence-electron chi connectivity index (χ4n) is 1.91. The summed E-state index contributed by atoms with van der Waals surface area (Å²) in [5.41, 5.74) is 0.844. The molecule has 0 aromatic carbocycles. The largest absolute Gasteiger partial charge is 0.363 e. The predicted molar refractivity (Wildman–Crippen MR) is 72.4 cm³/mol. The zero-order valence-electron chi connectivity index (χ0n) is 9.99. The Kier molecular flexibility index (Phi) is 3.55. The van der Waals surface area contributed by atoms with Crippen molar-refractivity contribution in [1.82, 2.24) is 0 Å². The van der Waals surface area contributed by atoms with Gasteiger partial charge in [0, 0.05) is 13.1 Å². The van der Waals surface area contributed by atoms with Crippen molar-refractivity contribution in [2.45, 2.75) is 26.2 Å². The van der Waals surface area contributed by atoms with E-state index in [1.807, 2.05) is 7.85 Å². The molecule has 0 N–H and O–H groups in total. The van der Waals surface area contributed by atoms with E-state index in [0.717, 1.165) is 22.8 Å². The minimum atomic E-state index is 0.844. The molecule has 1 heterocycles. The maximum Gasteiger partial charge on any atom is 0.154 e. The Labute approximate surface area is 102 Å². The van der Waals surface area contributed by atoms with Gasteiger partial charge in [-0.3, -0.25) is 0 Å². The van der Waals surface area contributed by atoms with Gasteiger partial charge in [0.1, 0.15) is 0 Å². The molecular formula is C12H17BN2S. The summed E-state index contributed by atoms with van der Waals surface area (Å²) in [6.45, 7) is 4.51. The molecule has 1 aromatic rings. The predicted octanol–water partition coefficient (Wildman–Crippen LogP) is 1.50. The molecule has 0 spiro atoms. The summed E-state index contributed by atoms with van der Waals surface area (Å²) in [6.07, 6.45) is 3.94. The Hall–Kier alpha value is -0.945. The first kappa shape index (κ1) is 11.5. The lowest BCUT2D eigenvalue weighted by Gasteiger charge is -2.22. The molecule has 1 fully saturated rings. The van der Waals surface area contributed by atoms with E-state index in [9.17, 15) is 0 Å². The van der Waals surface area contributed by atoms with Crippen LogP contribution in [0.3, 0.4) is 0 Å². The first-order valence-corrected chi connectivity index (χ1v) is 6.81. The van der Waals surface area contributed by atoms with Gasteiger partial charge in [0.25, 0.3) is 0 Å². The number of rotatable bonds is 5. The van der Waals surface area contributed by atoms with Crippen LogP contribution >= 0.6 is 11.3 Å². The second-order valence-electron chi connectivity index (χ2n) is 4.56. The van der Waals surface area contributed by atoms with E-state index in [1.165, 1.54) is 30.8 Å². The van der Waals surface area contributed by atoms with Gasteiger partial charge in [-0.1, -0.05) is 6.92 Å². The van der Waals surface area contributed by atoms with Crippen molar-refractivity contribution in [3.05, 3.63) is 11.6 Å². The Morgan fingerprint density at radius 1 is 1.62 bits per heavy atom. The zero-order chi connectivity index (χ0) is 11.5. The van der Waals surface area contributed by atoms with Crippen LogP contribution in [0.15, 0.2) is 6.07 Å². The SMILES string of the molecule is Bc1sc(N(CCC)CC2CC2)cc1C#N. The average Bonchev–Trinajstić information content (AvgIpc) is 3.00. The second-order valence-corrected chi connectivity index (χ2v) is 5.79. The molecule has 1 aliphatic rings. The molecule has 16 heavy (non-hydrogen) atoms. The Morgan fingerprint density at radius 2 is 2.38 bits per heavy atom. The third-order valence-electron chi connectivity index (χ3n) is 3.01. The van der Waals surface area contributed by atoms with Gasteiger partial charge in [0.2, 0.25) is 0 Å². The highest BCUT2D eigenvalue weighted by Crippen LogP contribution is 2.33. The highest BCUT2D eigenvalue weighted by Gasteiger charge is 2.25. The molecule has 1 aliphatic carbocycles. The molecule has 1 saturated carbocycles. The van der Waals surface area contributed by atoms with Gasteiger partial charge in [-0.25, -0.2) is 0 Å². The summed E-state index contributed by atoms with van der Waals surface area (Å²) in [4.78, 5) is 2.45. The van der Waals surface area contributed by atoms with E-state index in [-0.39, 0.29) is 0 Å². The van der Waals surface area contributed by atoms with Gasteiger partial charge in [-0.15, -0.1) is 11.3 Å². The van der Waals surface area contributed by atoms with Crippen LogP contribution in [0.5, 0.6) is 0 Å². The molecule has 0 aliphatic heterocycles. The highest BCUT2D eigenvalue weighted by atomic mass is 32.1. The quantitative estimate of drug-likeness (QED) is 0.719. The summed E-state index contributed by atoms with van der Waals surface area (Å²) in [5, 5.41) is 10.3. The molecule has 1 aromatic heterocycles. The van der Waals surface area contributed by atoms with Crippen molar-refractivity contribution < 1.29 is 0 Å². The van der Waals surface area contributed by atoms with Gasteiger partial charge in [0.15, 0.2) is 7.85 Å². The third-order valence-corrected chi connectivity index (χ3v) is 4.12. The first-order chi connectivity index (χ1) is 7.74. The zero-order valence-corrected chi connectivity index (χ0v) is 10.8. The van der Waals surface area contributed by atoms with Crippen LogP contribution in [0.1, 0.15) is 31.7 Å². The molecule has 2 rings (SSSR count). The van der Waals surface area contributed by atoms with Gasteiger partial charge >= 0.3 is 0 Å². The van der Waals surface area contributed by atoms with Crippen LogP contribution in [0.2, 0.25) is 0 Å². The van der Waals surface area contributed by atoms with Crippen LogP contribution in [-0.4, -0.2) is 20.9 Å². The van der Waals surface area contributed by atoms with Gasteiger partial charge in [-0.05, 0) is 36.0 Å². The molecule has 2 nitrogen and oxygen atoms in total. The number of hydrogen-bond acceptors (Lipinski definition) is 3. The molecule has 84 valence electrons.